The average Bonchev–Trinajstić information content (AvgIpc) is 3.18. The van der Waals surface area contributed by atoms with Crippen LogP contribution >= 0.6 is 11.3 Å². The van der Waals surface area contributed by atoms with Gasteiger partial charge in [0, 0.05) is 17.4 Å². The van der Waals surface area contributed by atoms with Crippen molar-refractivity contribution in [3.63, 3.8) is 0 Å². The number of carbonyl (C=O) groups is 1. The molecule has 1 amide bonds. The van der Waals surface area contributed by atoms with E-state index < -0.39 is 23.1 Å². The fraction of sp³-hybridized carbons (Fsp3) is 0.0500. The van der Waals surface area contributed by atoms with Gasteiger partial charge < -0.3 is 0 Å². The number of benzene rings is 2. The first kappa shape index (κ1) is 18.0. The average molecular weight is 397 g/mol. The van der Waals surface area contributed by atoms with Crippen LogP contribution in [0.5, 0.6) is 0 Å². The van der Waals surface area contributed by atoms with E-state index in [4.69, 9.17) is 0 Å². The van der Waals surface area contributed by atoms with Gasteiger partial charge in [-0.15, -0.1) is 11.3 Å². The van der Waals surface area contributed by atoms with E-state index in [0.717, 1.165) is 21.7 Å². The molecule has 0 aliphatic carbocycles. The molecule has 28 heavy (non-hydrogen) atoms. The van der Waals surface area contributed by atoms with E-state index in [-0.39, 0.29) is 5.56 Å². The Labute approximate surface area is 161 Å². The maximum atomic E-state index is 14.0. The van der Waals surface area contributed by atoms with E-state index in [2.05, 4.69) is 10.4 Å². The van der Waals surface area contributed by atoms with Crippen LogP contribution in [0.4, 0.5) is 8.78 Å². The quantitative estimate of drug-likeness (QED) is 0.571. The van der Waals surface area contributed by atoms with E-state index in [1.807, 2.05) is 17.5 Å². The number of carbonyl (C=O) groups excluding carboxylic acids is 1. The molecule has 4 aromatic rings. The molecule has 8 heteroatoms. The lowest BCUT2D eigenvalue weighted by atomic mass is 10.2. The van der Waals surface area contributed by atoms with Gasteiger partial charge in [0.15, 0.2) is 0 Å². The zero-order chi connectivity index (χ0) is 19.7. The molecular formula is C20H13F2N3O2S. The highest BCUT2D eigenvalue weighted by molar-refractivity contribution is 7.09. The predicted octanol–water partition coefficient (Wildman–Crippen LogP) is 3.71. The van der Waals surface area contributed by atoms with Crippen molar-refractivity contribution in [1.82, 2.24) is 9.66 Å². The van der Waals surface area contributed by atoms with E-state index >= 15 is 0 Å². The molecule has 0 unspecified atom stereocenters. The third-order valence-electron chi connectivity index (χ3n) is 4.15. The summed E-state index contributed by atoms with van der Waals surface area (Å²) in [7, 11) is 0. The van der Waals surface area contributed by atoms with E-state index in [9.17, 15) is 18.4 Å². The summed E-state index contributed by atoms with van der Waals surface area (Å²) in [6.45, 7) is 0. The summed E-state index contributed by atoms with van der Waals surface area (Å²) in [6.07, 6.45) is 0.309. The Morgan fingerprint density at radius 3 is 2.68 bits per heavy atom. The minimum Gasteiger partial charge on any atom is -0.267 e. The van der Waals surface area contributed by atoms with Gasteiger partial charge in [-0.25, -0.2) is 18.4 Å². The molecule has 0 saturated heterocycles. The van der Waals surface area contributed by atoms with Crippen molar-refractivity contribution in [1.29, 1.82) is 0 Å². The van der Waals surface area contributed by atoms with Crippen LogP contribution in [0.2, 0.25) is 0 Å². The number of para-hydroxylation sites is 1. The van der Waals surface area contributed by atoms with Crippen LogP contribution in [0.15, 0.2) is 64.8 Å². The Morgan fingerprint density at radius 1 is 1.11 bits per heavy atom. The zero-order valence-corrected chi connectivity index (χ0v) is 15.2. The van der Waals surface area contributed by atoms with Crippen LogP contribution in [0, 0.1) is 11.6 Å². The highest BCUT2D eigenvalue weighted by Crippen LogP contribution is 2.16. The van der Waals surface area contributed by atoms with Crippen LogP contribution < -0.4 is 11.0 Å². The van der Waals surface area contributed by atoms with Gasteiger partial charge in [-0.1, -0.05) is 18.2 Å². The summed E-state index contributed by atoms with van der Waals surface area (Å²) in [5.74, 6) is -2.37. The summed E-state index contributed by atoms with van der Waals surface area (Å²) in [4.78, 5) is 30.9. The van der Waals surface area contributed by atoms with Crippen LogP contribution in [0.1, 0.15) is 21.1 Å². The number of nitrogens with one attached hydrogen (secondary N) is 1. The van der Waals surface area contributed by atoms with E-state index in [0.29, 0.717) is 29.2 Å². The molecule has 0 fully saturated rings. The Balaban J connectivity index is 1.80. The number of aromatic nitrogens is 2. The highest BCUT2D eigenvalue weighted by Gasteiger charge is 2.17. The van der Waals surface area contributed by atoms with Crippen molar-refractivity contribution in [2.24, 2.45) is 0 Å². The first-order valence-corrected chi connectivity index (χ1v) is 9.20. The third kappa shape index (κ3) is 3.41. The van der Waals surface area contributed by atoms with Gasteiger partial charge in [0.25, 0.3) is 11.5 Å². The zero-order valence-electron chi connectivity index (χ0n) is 14.4. The van der Waals surface area contributed by atoms with Crippen LogP contribution in [0.3, 0.4) is 0 Å². The van der Waals surface area contributed by atoms with Crippen LogP contribution in [-0.2, 0) is 6.42 Å². The maximum absolute atomic E-state index is 14.0. The fourth-order valence-electron chi connectivity index (χ4n) is 2.82. The molecule has 0 atom stereocenters. The summed E-state index contributed by atoms with van der Waals surface area (Å²) in [5.41, 5.74) is 2.05. The minimum atomic E-state index is -1.01. The van der Waals surface area contributed by atoms with Crippen LogP contribution in [0.25, 0.3) is 10.9 Å². The molecular weight excluding hydrogens is 384 g/mol. The molecule has 2 aromatic heterocycles. The maximum Gasteiger partial charge on any atom is 0.280 e. The van der Waals surface area contributed by atoms with Gasteiger partial charge in [0.05, 0.1) is 16.5 Å². The van der Waals surface area contributed by atoms with Crippen LogP contribution in [-0.4, -0.2) is 15.6 Å². The second-order valence-electron chi connectivity index (χ2n) is 6.01. The van der Waals surface area contributed by atoms with Crippen molar-refractivity contribution >= 4 is 28.1 Å². The lowest BCUT2D eigenvalue weighted by molar-refractivity contribution is 0.100. The molecule has 0 radical (unpaired) electrons. The summed E-state index contributed by atoms with van der Waals surface area (Å²) >= 11 is 1.49. The molecule has 0 aliphatic rings. The normalized spacial score (nSPS) is 10.9. The second-order valence-corrected chi connectivity index (χ2v) is 7.04. The molecule has 0 bridgehead atoms. The van der Waals surface area contributed by atoms with Crippen molar-refractivity contribution in [3.8, 4) is 0 Å². The van der Waals surface area contributed by atoms with Crippen molar-refractivity contribution in [2.45, 2.75) is 6.42 Å². The Bertz CT molecular complexity index is 1240. The van der Waals surface area contributed by atoms with Crippen molar-refractivity contribution < 1.29 is 13.6 Å². The molecule has 2 heterocycles. The topological polar surface area (TPSA) is 64.0 Å². The van der Waals surface area contributed by atoms with E-state index in [1.165, 1.54) is 11.3 Å². The molecule has 4 rings (SSSR count). The predicted molar refractivity (Wildman–Crippen MR) is 103 cm³/mol. The van der Waals surface area contributed by atoms with Gasteiger partial charge in [0.2, 0.25) is 0 Å². The number of amides is 1. The SMILES string of the molecule is O=C(Nn1c(Cc2cccs2)nc2ccccc2c1=O)c1ccc(F)cc1F. The number of thiophene rings is 1. The molecule has 1 N–H and O–H groups in total. The third-order valence-corrected chi connectivity index (χ3v) is 5.02. The lowest BCUT2D eigenvalue weighted by Gasteiger charge is -2.14. The molecule has 2 aromatic carbocycles. The Hall–Kier alpha value is -3.39. The minimum absolute atomic E-state index is 0.307. The van der Waals surface area contributed by atoms with Gasteiger partial charge in [-0.2, -0.15) is 0 Å². The lowest BCUT2D eigenvalue weighted by Crippen LogP contribution is -2.36. The number of halogens is 2. The Morgan fingerprint density at radius 2 is 1.93 bits per heavy atom. The number of rotatable bonds is 4. The number of fused-ring (bicyclic) bond motifs is 1. The summed E-state index contributed by atoms with van der Waals surface area (Å²) in [5, 5.41) is 2.21. The second kappa shape index (κ2) is 7.32. The molecule has 0 spiro atoms. The van der Waals surface area contributed by atoms with Gasteiger partial charge in [-0.3, -0.25) is 15.0 Å². The van der Waals surface area contributed by atoms with E-state index in [1.54, 1.807) is 24.3 Å². The molecule has 0 saturated carbocycles. The van der Waals surface area contributed by atoms with Crippen molar-refractivity contribution in [2.75, 3.05) is 5.43 Å². The summed E-state index contributed by atoms with van der Waals surface area (Å²) in [6, 6.07) is 13.1. The van der Waals surface area contributed by atoms with Gasteiger partial charge in [-0.05, 0) is 35.7 Å². The number of hydrogen-bond donors (Lipinski definition) is 1. The summed E-state index contributed by atoms with van der Waals surface area (Å²) < 4.78 is 28.1. The Kier molecular flexibility index (Phi) is 4.70. The largest absolute Gasteiger partial charge is 0.280 e. The monoisotopic (exact) mass is 397 g/mol. The van der Waals surface area contributed by atoms with Gasteiger partial charge >= 0.3 is 0 Å². The first-order valence-electron chi connectivity index (χ1n) is 8.32. The number of hydrogen-bond acceptors (Lipinski definition) is 4. The van der Waals surface area contributed by atoms with Gasteiger partial charge in [0.1, 0.15) is 17.5 Å². The molecule has 140 valence electrons. The fourth-order valence-corrected chi connectivity index (χ4v) is 3.52. The standard InChI is InChI=1S/C20H13F2N3O2S/c21-12-7-8-14(16(22)10-12)19(26)24-25-18(11-13-4-3-9-28-13)23-17-6-2-1-5-15(17)20(25)27/h1-10H,11H2,(H,24,26). The number of nitrogens with zero attached hydrogens (tertiary/aromatic N) is 2. The van der Waals surface area contributed by atoms with Crippen molar-refractivity contribution in [3.05, 3.63) is 98.2 Å². The highest BCUT2D eigenvalue weighted by atomic mass is 32.1. The molecule has 5 nitrogen and oxygen atoms in total. The first-order chi connectivity index (χ1) is 13.5. The smallest absolute Gasteiger partial charge is 0.267 e. The molecule has 0 aliphatic heterocycles.